The molecule has 0 aliphatic heterocycles. The number of benzene rings is 1. The van der Waals surface area contributed by atoms with Crippen LogP contribution in [0.25, 0.3) is 6.08 Å². The molecule has 0 radical (unpaired) electrons. The van der Waals surface area contributed by atoms with Crippen LogP contribution in [0.3, 0.4) is 0 Å². The first kappa shape index (κ1) is 20.7. The number of nitrogens with two attached hydrogens (primary N) is 1. The molecule has 0 atom stereocenters. The van der Waals surface area contributed by atoms with Gasteiger partial charge in [-0.1, -0.05) is 18.2 Å². The van der Waals surface area contributed by atoms with Crippen LogP contribution in [0, 0.1) is 12.7 Å². The Labute approximate surface area is 172 Å². The first-order chi connectivity index (χ1) is 14.4. The molecule has 0 aliphatic carbocycles. The number of nitrogens with one attached hydrogen (secondary N) is 2. The Balaban J connectivity index is 1.53. The van der Waals surface area contributed by atoms with Crippen LogP contribution in [-0.2, 0) is 4.79 Å². The second kappa shape index (κ2) is 9.42. The van der Waals surface area contributed by atoms with E-state index in [0.717, 1.165) is 17.3 Å². The number of nitrogens with zero attached hydrogens (tertiary/aromatic N) is 2. The fourth-order valence-corrected chi connectivity index (χ4v) is 2.52. The van der Waals surface area contributed by atoms with E-state index in [1.54, 1.807) is 12.3 Å². The molecule has 1 aromatic carbocycles. The van der Waals surface area contributed by atoms with Gasteiger partial charge in [0.2, 0.25) is 5.91 Å². The van der Waals surface area contributed by atoms with E-state index in [4.69, 9.17) is 5.73 Å². The molecule has 8 heteroatoms. The largest absolute Gasteiger partial charge is 0.397 e. The number of aromatic nitrogens is 2. The van der Waals surface area contributed by atoms with E-state index in [1.807, 2.05) is 25.1 Å². The fraction of sp³-hybridized carbons (Fsp3) is 0.0909. The smallest absolute Gasteiger partial charge is 0.257 e. The van der Waals surface area contributed by atoms with E-state index in [9.17, 15) is 14.0 Å². The highest BCUT2D eigenvalue weighted by Crippen LogP contribution is 2.20. The highest BCUT2D eigenvalue weighted by Gasteiger charge is 2.10. The highest BCUT2D eigenvalue weighted by atomic mass is 19.1. The maximum Gasteiger partial charge on any atom is 0.257 e. The van der Waals surface area contributed by atoms with Crippen LogP contribution in [0.2, 0.25) is 0 Å². The molecule has 2 heterocycles. The summed E-state index contributed by atoms with van der Waals surface area (Å²) in [6, 6.07) is 10.6. The van der Waals surface area contributed by atoms with Crippen molar-refractivity contribution in [1.82, 2.24) is 9.97 Å². The Morgan fingerprint density at radius 2 is 1.90 bits per heavy atom. The molecule has 30 heavy (non-hydrogen) atoms. The fourth-order valence-electron chi connectivity index (χ4n) is 2.52. The van der Waals surface area contributed by atoms with Crippen LogP contribution in [0.1, 0.15) is 28.0 Å². The average molecular weight is 405 g/mol. The molecule has 152 valence electrons. The number of hydrogen-bond donors (Lipinski definition) is 3. The van der Waals surface area contributed by atoms with Gasteiger partial charge in [0.05, 0.1) is 16.9 Å². The summed E-state index contributed by atoms with van der Waals surface area (Å²) in [5, 5.41) is 5.25. The lowest BCUT2D eigenvalue weighted by molar-refractivity contribution is -0.115. The van der Waals surface area contributed by atoms with E-state index in [2.05, 4.69) is 20.6 Å². The second-order valence-corrected chi connectivity index (χ2v) is 6.51. The zero-order valence-corrected chi connectivity index (χ0v) is 16.2. The first-order valence-corrected chi connectivity index (χ1v) is 9.12. The van der Waals surface area contributed by atoms with Gasteiger partial charge in [0, 0.05) is 24.5 Å². The lowest BCUT2D eigenvalue weighted by atomic mass is 10.2. The van der Waals surface area contributed by atoms with Crippen molar-refractivity contribution in [1.29, 1.82) is 0 Å². The molecule has 0 aliphatic rings. The van der Waals surface area contributed by atoms with Crippen LogP contribution in [-0.4, -0.2) is 21.8 Å². The van der Waals surface area contributed by atoms with Crippen molar-refractivity contribution in [3.05, 3.63) is 83.6 Å². The normalized spacial score (nSPS) is 10.7. The summed E-state index contributed by atoms with van der Waals surface area (Å²) in [6.45, 7) is 1.90. The van der Waals surface area contributed by atoms with E-state index < -0.39 is 11.7 Å². The van der Waals surface area contributed by atoms with Gasteiger partial charge in [0.15, 0.2) is 0 Å². The molecule has 7 nitrogen and oxygen atoms in total. The molecular weight excluding hydrogens is 385 g/mol. The molecule has 4 N–H and O–H groups in total. The quantitative estimate of drug-likeness (QED) is 0.540. The summed E-state index contributed by atoms with van der Waals surface area (Å²) in [6.07, 6.45) is 6.78. The van der Waals surface area contributed by atoms with Gasteiger partial charge in [-0.25, -0.2) is 9.37 Å². The number of halogens is 1. The Bertz CT molecular complexity index is 1080. The Kier molecular flexibility index (Phi) is 6.49. The van der Waals surface area contributed by atoms with Gasteiger partial charge in [-0.2, -0.15) is 0 Å². The van der Waals surface area contributed by atoms with Gasteiger partial charge in [0.25, 0.3) is 5.91 Å². The molecule has 2 amide bonds. The van der Waals surface area contributed by atoms with Crippen molar-refractivity contribution in [3.63, 3.8) is 0 Å². The number of carbonyl (C=O) groups excluding carboxylic acids is 2. The number of pyridine rings is 2. The van der Waals surface area contributed by atoms with Crippen LogP contribution in [0.5, 0.6) is 0 Å². The zero-order chi connectivity index (χ0) is 21.5. The molecule has 3 aromatic rings. The van der Waals surface area contributed by atoms with E-state index in [-0.39, 0.29) is 23.6 Å². The van der Waals surface area contributed by atoms with Gasteiger partial charge < -0.3 is 16.4 Å². The summed E-state index contributed by atoms with van der Waals surface area (Å²) >= 11 is 0. The van der Waals surface area contributed by atoms with Crippen LogP contribution >= 0.6 is 0 Å². The van der Waals surface area contributed by atoms with Crippen molar-refractivity contribution in [2.45, 2.75) is 13.3 Å². The van der Waals surface area contributed by atoms with E-state index in [1.165, 1.54) is 30.5 Å². The number of aryl methyl sites for hydroxylation is 1. The van der Waals surface area contributed by atoms with Gasteiger partial charge in [-0.05, 0) is 48.9 Å². The third-order valence-electron chi connectivity index (χ3n) is 4.10. The molecule has 2 aromatic heterocycles. The lowest BCUT2D eigenvalue weighted by Crippen LogP contribution is -2.15. The number of nitrogen functional groups attached to an aromatic ring is 1. The number of carbonyl (C=O) groups is 2. The minimum Gasteiger partial charge on any atom is -0.397 e. The molecule has 0 saturated carbocycles. The number of hydrogen-bond acceptors (Lipinski definition) is 5. The molecular formula is C22H20FN5O2. The van der Waals surface area contributed by atoms with Gasteiger partial charge in [-0.15, -0.1) is 0 Å². The summed E-state index contributed by atoms with van der Waals surface area (Å²) < 4.78 is 13.1. The van der Waals surface area contributed by atoms with Crippen molar-refractivity contribution in [2.75, 3.05) is 16.4 Å². The van der Waals surface area contributed by atoms with Crippen molar-refractivity contribution in [2.24, 2.45) is 0 Å². The molecule has 0 spiro atoms. The van der Waals surface area contributed by atoms with Crippen LogP contribution in [0.15, 0.2) is 60.9 Å². The first-order valence-electron chi connectivity index (χ1n) is 9.12. The highest BCUT2D eigenvalue weighted by molar-refractivity contribution is 6.05. The number of amides is 2. The van der Waals surface area contributed by atoms with E-state index in [0.29, 0.717) is 11.5 Å². The third-order valence-corrected chi connectivity index (χ3v) is 4.10. The molecule has 0 unspecified atom stereocenters. The SMILES string of the molecule is Cc1ccc(/C=C/CC(=O)Nc2ccc(C(=O)Nc3ccc(F)cc3N)cn2)cn1. The topological polar surface area (TPSA) is 110 Å². The summed E-state index contributed by atoms with van der Waals surface area (Å²) in [5.74, 6) is -0.857. The minimum absolute atomic E-state index is 0.120. The predicted molar refractivity (Wildman–Crippen MR) is 114 cm³/mol. The standard InChI is InChI=1S/C22H20FN5O2/c1-14-5-6-15(12-25-14)3-2-4-21(29)28-20-10-7-16(13-26-20)22(30)27-19-9-8-17(23)11-18(19)24/h2-3,5-13H,4,24H2,1H3,(H,27,30)(H,26,28,29)/b3-2+. The van der Waals surface area contributed by atoms with Gasteiger partial charge in [0.1, 0.15) is 11.6 Å². The van der Waals surface area contributed by atoms with Crippen LogP contribution in [0.4, 0.5) is 21.6 Å². The Hall–Kier alpha value is -4.07. The molecule has 0 bridgehead atoms. The Morgan fingerprint density at radius 3 is 2.57 bits per heavy atom. The van der Waals surface area contributed by atoms with Crippen molar-refractivity contribution in [3.8, 4) is 0 Å². The lowest BCUT2D eigenvalue weighted by Gasteiger charge is -2.08. The number of rotatable bonds is 6. The van der Waals surface area contributed by atoms with E-state index >= 15 is 0 Å². The summed E-state index contributed by atoms with van der Waals surface area (Å²) in [5.41, 5.74) is 8.20. The maximum absolute atomic E-state index is 13.1. The average Bonchev–Trinajstić information content (AvgIpc) is 2.72. The number of anilines is 3. The maximum atomic E-state index is 13.1. The van der Waals surface area contributed by atoms with Crippen molar-refractivity contribution < 1.29 is 14.0 Å². The predicted octanol–water partition coefficient (Wildman–Crippen LogP) is 3.80. The summed E-state index contributed by atoms with van der Waals surface area (Å²) in [4.78, 5) is 32.6. The van der Waals surface area contributed by atoms with Gasteiger partial charge >= 0.3 is 0 Å². The van der Waals surface area contributed by atoms with Crippen LogP contribution < -0.4 is 16.4 Å². The third kappa shape index (κ3) is 5.71. The zero-order valence-electron chi connectivity index (χ0n) is 16.2. The van der Waals surface area contributed by atoms with Crippen molar-refractivity contribution >= 4 is 35.1 Å². The molecule has 0 saturated heterocycles. The minimum atomic E-state index is -0.488. The molecule has 3 rings (SSSR count). The van der Waals surface area contributed by atoms with Gasteiger partial charge in [-0.3, -0.25) is 14.6 Å². The second-order valence-electron chi connectivity index (χ2n) is 6.51. The molecule has 0 fully saturated rings. The summed E-state index contributed by atoms with van der Waals surface area (Å²) in [7, 11) is 0. The Morgan fingerprint density at radius 1 is 1.07 bits per heavy atom. The monoisotopic (exact) mass is 405 g/mol.